The molecule has 2 amide bonds. The quantitative estimate of drug-likeness (QED) is 0.464. The van der Waals surface area contributed by atoms with Gasteiger partial charge in [0.2, 0.25) is 11.8 Å². The van der Waals surface area contributed by atoms with Crippen molar-refractivity contribution in [1.29, 1.82) is 0 Å². The molecule has 0 spiro atoms. The van der Waals surface area contributed by atoms with Crippen LogP contribution in [0.15, 0.2) is 12.3 Å². The normalized spacial score (nSPS) is 26.7. The molecule has 3 rings (SSSR count). The molecule has 8 heteroatoms. The average molecular weight is 489 g/mol. The van der Waals surface area contributed by atoms with E-state index in [1.807, 2.05) is 34.6 Å². The smallest absolute Gasteiger partial charge is 0.258 e. The van der Waals surface area contributed by atoms with E-state index in [0.29, 0.717) is 42.3 Å². The summed E-state index contributed by atoms with van der Waals surface area (Å²) in [5.74, 6) is 1.61. The molecule has 3 unspecified atom stereocenters. The number of ether oxygens (including phenoxy) is 1. The first-order valence-corrected chi connectivity index (χ1v) is 13.2. The molecule has 2 saturated carbocycles. The molecule has 1 aromatic heterocycles. The largest absolute Gasteiger partial charge is 0.477 e. The Bertz CT molecular complexity index is 905. The highest BCUT2D eigenvalue weighted by molar-refractivity contribution is 5.96. The van der Waals surface area contributed by atoms with Gasteiger partial charge in [0.15, 0.2) is 0 Å². The van der Waals surface area contributed by atoms with Crippen LogP contribution in [0.1, 0.15) is 84.0 Å². The lowest BCUT2D eigenvalue weighted by atomic mass is 9.64. The van der Waals surface area contributed by atoms with Gasteiger partial charge in [-0.2, -0.15) is 5.10 Å². The predicted molar refractivity (Wildman–Crippen MR) is 137 cm³/mol. The van der Waals surface area contributed by atoms with Crippen LogP contribution in [0.3, 0.4) is 0 Å². The van der Waals surface area contributed by atoms with Crippen molar-refractivity contribution in [2.75, 3.05) is 13.2 Å². The van der Waals surface area contributed by atoms with Crippen LogP contribution in [0.4, 0.5) is 0 Å². The molecule has 1 heterocycles. The van der Waals surface area contributed by atoms with Crippen molar-refractivity contribution < 1.29 is 19.4 Å². The Labute approximate surface area is 209 Å². The topological polar surface area (TPSA) is 105 Å². The van der Waals surface area contributed by atoms with E-state index in [4.69, 9.17) is 4.74 Å². The number of nitrogens with zero attached hydrogens (tertiary/aromatic N) is 2. The Morgan fingerprint density at radius 1 is 1.26 bits per heavy atom. The Kier molecular flexibility index (Phi) is 9.02. The number of hydrogen-bond acceptors (Lipinski definition) is 5. The van der Waals surface area contributed by atoms with Crippen LogP contribution >= 0.6 is 0 Å². The maximum Gasteiger partial charge on any atom is 0.258 e. The van der Waals surface area contributed by atoms with Crippen molar-refractivity contribution in [1.82, 2.24) is 20.4 Å². The molecule has 0 aliphatic heterocycles. The summed E-state index contributed by atoms with van der Waals surface area (Å²) < 4.78 is 7.59. The maximum absolute atomic E-state index is 13.5. The number of aromatic nitrogens is 2. The molecule has 2 aliphatic carbocycles. The highest BCUT2D eigenvalue weighted by Gasteiger charge is 2.42. The fraction of sp³-hybridized carbons (Fsp3) is 0.741. The fourth-order valence-electron chi connectivity index (χ4n) is 5.51. The van der Waals surface area contributed by atoms with Crippen LogP contribution in [0, 0.1) is 29.1 Å². The van der Waals surface area contributed by atoms with E-state index in [1.54, 1.807) is 12.3 Å². The highest BCUT2D eigenvalue weighted by atomic mass is 16.5. The minimum Gasteiger partial charge on any atom is -0.477 e. The number of aliphatic hydroxyl groups excluding tert-OH is 1. The van der Waals surface area contributed by atoms with E-state index in [0.717, 1.165) is 32.1 Å². The predicted octanol–water partition coefficient (Wildman–Crippen LogP) is 3.86. The fourth-order valence-corrected chi connectivity index (χ4v) is 5.51. The molecule has 5 atom stereocenters. The van der Waals surface area contributed by atoms with Gasteiger partial charge in [0.25, 0.3) is 5.91 Å². The maximum atomic E-state index is 13.5. The molecule has 0 radical (unpaired) electrons. The van der Waals surface area contributed by atoms with Crippen molar-refractivity contribution in [3.05, 3.63) is 17.8 Å². The van der Waals surface area contributed by atoms with Gasteiger partial charge in [-0.25, -0.2) is 4.68 Å². The first kappa shape index (κ1) is 27.2. The zero-order valence-corrected chi connectivity index (χ0v) is 22.2. The Morgan fingerprint density at radius 2 is 2.00 bits per heavy atom. The van der Waals surface area contributed by atoms with Crippen molar-refractivity contribution in [2.45, 2.75) is 85.8 Å². The van der Waals surface area contributed by atoms with Crippen molar-refractivity contribution in [2.24, 2.45) is 29.1 Å². The van der Waals surface area contributed by atoms with Gasteiger partial charge in [-0.05, 0) is 70.1 Å². The second-order valence-electron chi connectivity index (χ2n) is 11.3. The summed E-state index contributed by atoms with van der Waals surface area (Å²) >= 11 is 0. The van der Waals surface area contributed by atoms with Gasteiger partial charge in [0, 0.05) is 18.8 Å². The highest BCUT2D eigenvalue weighted by Crippen LogP contribution is 2.44. The molecular weight excluding hydrogens is 444 g/mol. The van der Waals surface area contributed by atoms with Crippen molar-refractivity contribution in [3.8, 4) is 5.88 Å². The van der Waals surface area contributed by atoms with E-state index in [1.165, 1.54) is 10.9 Å². The van der Waals surface area contributed by atoms with Crippen molar-refractivity contribution >= 4 is 18.0 Å². The van der Waals surface area contributed by atoms with Crippen LogP contribution in [0.2, 0.25) is 0 Å². The number of aliphatic hydroxyl groups is 1. The molecule has 8 nitrogen and oxygen atoms in total. The second-order valence-corrected chi connectivity index (χ2v) is 11.3. The number of rotatable bonds is 10. The van der Waals surface area contributed by atoms with E-state index in [-0.39, 0.29) is 29.9 Å². The molecule has 35 heavy (non-hydrogen) atoms. The van der Waals surface area contributed by atoms with Gasteiger partial charge in [-0.3, -0.25) is 9.59 Å². The Morgan fingerprint density at radius 3 is 2.66 bits per heavy atom. The van der Waals surface area contributed by atoms with E-state index >= 15 is 0 Å². The summed E-state index contributed by atoms with van der Waals surface area (Å²) in [5.41, 5.74) is -0.353. The molecule has 0 aromatic carbocycles. The summed E-state index contributed by atoms with van der Waals surface area (Å²) in [6, 6.07) is 0.0345. The van der Waals surface area contributed by atoms with Crippen molar-refractivity contribution in [3.63, 3.8) is 0 Å². The third kappa shape index (κ3) is 6.66. The van der Waals surface area contributed by atoms with Crippen LogP contribution in [-0.4, -0.2) is 52.0 Å². The Balaban J connectivity index is 1.83. The molecule has 3 N–H and O–H groups in total. The molecule has 2 fully saturated rings. The van der Waals surface area contributed by atoms with E-state index in [2.05, 4.69) is 22.7 Å². The lowest BCUT2D eigenvalue weighted by molar-refractivity contribution is -0.127. The Hall–Kier alpha value is -2.35. The molecule has 1 aromatic rings. The molecular formula is C27H44N4O4. The van der Waals surface area contributed by atoms with E-state index in [9.17, 15) is 14.7 Å². The third-order valence-electron chi connectivity index (χ3n) is 7.39. The standard InChI is InChI=1S/C27H44N4O4/c1-7-19-11-18-12-20(14-21(32)13-18)23(19)30-24(33)22-15-29-31(25(22)35-16-17(3)4)10-9-27(5,6)26(34)28-8-2/h9-10,15,17-21,23,32H,7-8,11-14,16H2,1-6H3,(H,28,34)(H,30,33)/b10-9+/t18?,19?,20?,21-,23+/m0/s1. The number of carbonyl (C=O) groups is 2. The van der Waals surface area contributed by atoms with Crippen LogP contribution in [-0.2, 0) is 4.79 Å². The third-order valence-corrected chi connectivity index (χ3v) is 7.39. The number of amides is 2. The number of carbonyl (C=O) groups excluding carboxylic acids is 2. The van der Waals surface area contributed by atoms with Crippen LogP contribution in [0.5, 0.6) is 5.88 Å². The summed E-state index contributed by atoms with van der Waals surface area (Å²) in [6.07, 6.45) is 9.46. The van der Waals surface area contributed by atoms with Gasteiger partial charge >= 0.3 is 0 Å². The minimum atomic E-state index is -0.742. The first-order chi connectivity index (χ1) is 16.6. The monoisotopic (exact) mass is 488 g/mol. The number of nitrogens with one attached hydrogen (secondary N) is 2. The van der Waals surface area contributed by atoms with Gasteiger partial charge < -0.3 is 20.5 Å². The summed E-state index contributed by atoms with van der Waals surface area (Å²) in [6.45, 7) is 12.8. The summed E-state index contributed by atoms with van der Waals surface area (Å²) in [7, 11) is 0. The number of fused-ring (bicyclic) bond motifs is 2. The zero-order chi connectivity index (χ0) is 25.8. The van der Waals surface area contributed by atoms with Gasteiger partial charge in [0.1, 0.15) is 5.56 Å². The van der Waals surface area contributed by atoms with E-state index < -0.39 is 5.41 Å². The molecule has 0 saturated heterocycles. The van der Waals surface area contributed by atoms with Crippen LogP contribution < -0.4 is 15.4 Å². The molecule has 196 valence electrons. The minimum absolute atomic E-state index is 0.0345. The first-order valence-electron chi connectivity index (χ1n) is 13.2. The lowest BCUT2D eigenvalue weighted by Gasteiger charge is -2.46. The van der Waals surface area contributed by atoms with Gasteiger partial charge in [-0.1, -0.05) is 33.3 Å². The van der Waals surface area contributed by atoms with Gasteiger partial charge in [-0.15, -0.1) is 0 Å². The average Bonchev–Trinajstić information content (AvgIpc) is 3.20. The molecule has 2 aliphatic rings. The lowest BCUT2D eigenvalue weighted by Crippen LogP contribution is -2.52. The molecule has 2 bridgehead atoms. The van der Waals surface area contributed by atoms with Gasteiger partial charge in [0.05, 0.1) is 24.3 Å². The second kappa shape index (κ2) is 11.6. The summed E-state index contributed by atoms with van der Waals surface area (Å²) in [5, 5.41) is 20.9. The van der Waals surface area contributed by atoms with Crippen LogP contribution in [0.25, 0.3) is 6.20 Å². The zero-order valence-electron chi connectivity index (χ0n) is 22.2. The summed E-state index contributed by atoms with van der Waals surface area (Å²) in [4.78, 5) is 25.9. The number of hydrogen-bond donors (Lipinski definition) is 3. The SMILES string of the molecule is CCNC(=O)C(C)(C)/C=C/n1ncc(C(=O)N[C@@H]2C(CC)CC3CC2C[C@@H](O)C3)c1OCC(C)C.